The molecule has 0 N–H and O–H groups in total. The molecule has 23 heavy (non-hydrogen) atoms. The number of benzene rings is 1. The van der Waals surface area contributed by atoms with Gasteiger partial charge in [0.05, 0.1) is 18.5 Å². The Bertz CT molecular complexity index is 698. The van der Waals surface area contributed by atoms with Crippen LogP contribution in [-0.2, 0) is 29.2 Å². The van der Waals surface area contributed by atoms with Gasteiger partial charge in [-0.3, -0.25) is 4.79 Å². The number of rotatable bonds is 3. The number of hydrogen-bond acceptors (Lipinski definition) is 4. The van der Waals surface area contributed by atoms with E-state index in [-0.39, 0.29) is 12.2 Å². The van der Waals surface area contributed by atoms with Crippen molar-refractivity contribution in [2.45, 2.75) is 25.9 Å². The molecule has 2 heterocycles. The molecule has 1 aromatic rings. The second kappa shape index (κ2) is 5.77. The van der Waals surface area contributed by atoms with E-state index < -0.39 is 18.0 Å². The summed E-state index contributed by atoms with van der Waals surface area (Å²) in [6.45, 7) is 0.974. The predicted octanol–water partition coefficient (Wildman–Crippen LogP) is 3.16. The first-order valence-electron chi connectivity index (χ1n) is 6.97. The van der Waals surface area contributed by atoms with Crippen LogP contribution in [0.25, 0.3) is 0 Å². The zero-order valence-corrected chi connectivity index (χ0v) is 12.3. The highest BCUT2D eigenvalue weighted by atomic mass is 19.4. The van der Waals surface area contributed by atoms with Gasteiger partial charge in [0.15, 0.2) is 5.92 Å². The minimum atomic E-state index is -4.69. The molecule has 1 amide bonds. The molecule has 5 nitrogen and oxygen atoms in total. The van der Waals surface area contributed by atoms with E-state index in [4.69, 9.17) is 4.74 Å². The number of alkyl halides is 3. The van der Waals surface area contributed by atoms with E-state index in [1.165, 1.54) is 4.90 Å². The number of amides is 1. The number of nitrogens with zero attached hydrogens (tertiary/aromatic N) is 3. The van der Waals surface area contributed by atoms with Crippen molar-refractivity contribution in [3.63, 3.8) is 0 Å². The van der Waals surface area contributed by atoms with Crippen LogP contribution in [-0.4, -0.2) is 24.1 Å². The molecule has 122 valence electrons. The molecule has 0 saturated carbocycles. The second-order valence-corrected chi connectivity index (χ2v) is 5.43. The Balaban J connectivity index is 1.92. The summed E-state index contributed by atoms with van der Waals surface area (Å²) in [7, 11) is 1.56. The van der Waals surface area contributed by atoms with Crippen molar-refractivity contribution >= 4 is 5.91 Å². The zero-order valence-electron chi connectivity index (χ0n) is 12.3. The van der Waals surface area contributed by atoms with Crippen molar-refractivity contribution in [1.29, 1.82) is 0 Å². The fraction of sp³-hybridized carbons (Fsp3) is 0.400. The average molecular weight is 325 g/mol. The lowest BCUT2D eigenvalue weighted by Crippen LogP contribution is -2.38. The quantitative estimate of drug-likeness (QED) is 0.858. The maximum absolute atomic E-state index is 13.2. The van der Waals surface area contributed by atoms with Crippen LogP contribution in [0.15, 0.2) is 40.3 Å². The van der Waals surface area contributed by atoms with E-state index in [0.717, 1.165) is 22.9 Å². The zero-order chi connectivity index (χ0) is 16.6. The monoisotopic (exact) mass is 325 g/mol. The van der Waals surface area contributed by atoms with E-state index in [9.17, 15) is 18.0 Å². The van der Waals surface area contributed by atoms with Crippen molar-refractivity contribution in [1.82, 2.24) is 4.90 Å². The number of azo groups is 1. The second-order valence-electron chi connectivity index (χ2n) is 5.43. The topological polar surface area (TPSA) is 54.3 Å². The van der Waals surface area contributed by atoms with Gasteiger partial charge in [-0.15, -0.1) is 5.11 Å². The van der Waals surface area contributed by atoms with Crippen LogP contribution < -0.4 is 0 Å². The van der Waals surface area contributed by atoms with Gasteiger partial charge in [-0.2, -0.15) is 18.3 Å². The molecule has 0 bridgehead atoms. The first kappa shape index (κ1) is 15.7. The third-order valence-corrected chi connectivity index (χ3v) is 3.96. The maximum Gasteiger partial charge on any atom is 0.406 e. The number of ether oxygens (including phenoxy) is 1. The third kappa shape index (κ3) is 2.86. The van der Waals surface area contributed by atoms with E-state index in [0.29, 0.717) is 13.2 Å². The fourth-order valence-corrected chi connectivity index (χ4v) is 2.94. The first-order valence-corrected chi connectivity index (χ1v) is 6.97. The van der Waals surface area contributed by atoms with Gasteiger partial charge in [-0.05, 0) is 16.7 Å². The summed E-state index contributed by atoms with van der Waals surface area (Å²) < 4.78 is 44.8. The van der Waals surface area contributed by atoms with Gasteiger partial charge >= 0.3 is 6.18 Å². The minimum Gasteiger partial charge on any atom is -0.380 e. The van der Waals surface area contributed by atoms with E-state index >= 15 is 0 Å². The predicted molar refractivity (Wildman–Crippen MR) is 73.9 cm³/mol. The van der Waals surface area contributed by atoms with Crippen LogP contribution in [0.5, 0.6) is 0 Å². The summed E-state index contributed by atoms with van der Waals surface area (Å²) in [6.07, 6.45) is -3.66. The van der Waals surface area contributed by atoms with Crippen molar-refractivity contribution < 1.29 is 22.7 Å². The Kier molecular flexibility index (Phi) is 3.93. The third-order valence-electron chi connectivity index (χ3n) is 3.96. The molecule has 0 saturated heterocycles. The van der Waals surface area contributed by atoms with Gasteiger partial charge in [0.25, 0.3) is 5.91 Å². The molecule has 0 aliphatic carbocycles. The molecule has 2 aliphatic rings. The Morgan fingerprint density at radius 2 is 2.13 bits per heavy atom. The largest absolute Gasteiger partial charge is 0.406 e. The van der Waals surface area contributed by atoms with Gasteiger partial charge in [0, 0.05) is 20.2 Å². The van der Waals surface area contributed by atoms with Crippen LogP contribution in [0.1, 0.15) is 16.7 Å². The standard InChI is InChI=1S/C15H14F3N3O2/c1-23-8-10-4-2-3-9-6-21(7-11(9)10)12-5-19-20-14(22)13(12)15(16,17)18/h2-5,13H,6-8H2,1H3. The van der Waals surface area contributed by atoms with Crippen LogP contribution >= 0.6 is 0 Å². The smallest absolute Gasteiger partial charge is 0.380 e. The highest BCUT2D eigenvalue weighted by Gasteiger charge is 2.50. The summed E-state index contributed by atoms with van der Waals surface area (Å²) in [4.78, 5) is 13.1. The van der Waals surface area contributed by atoms with Gasteiger partial charge < -0.3 is 9.64 Å². The lowest BCUT2D eigenvalue weighted by atomic mass is 10.0. The maximum atomic E-state index is 13.2. The number of hydrogen-bond donors (Lipinski definition) is 0. The van der Waals surface area contributed by atoms with Gasteiger partial charge in [-0.25, -0.2) is 0 Å². The summed E-state index contributed by atoms with van der Waals surface area (Å²) in [5, 5.41) is 6.46. The molecule has 3 rings (SSSR count). The van der Waals surface area contributed by atoms with E-state index in [2.05, 4.69) is 10.2 Å². The number of halogens is 3. The first-order chi connectivity index (χ1) is 10.9. The molecule has 8 heteroatoms. The summed E-state index contributed by atoms with van der Waals surface area (Å²) >= 11 is 0. The van der Waals surface area contributed by atoms with Gasteiger partial charge in [-0.1, -0.05) is 18.2 Å². The number of carbonyl (C=O) groups excluding carboxylic acids is 1. The Labute approximate surface area is 130 Å². The lowest BCUT2D eigenvalue weighted by Gasteiger charge is -2.29. The van der Waals surface area contributed by atoms with Gasteiger partial charge in [0.1, 0.15) is 0 Å². The molecule has 1 atom stereocenters. The van der Waals surface area contributed by atoms with Crippen LogP contribution in [0.4, 0.5) is 13.2 Å². The summed E-state index contributed by atoms with van der Waals surface area (Å²) in [5.41, 5.74) is 2.64. The van der Waals surface area contributed by atoms with E-state index in [1.807, 2.05) is 18.2 Å². The molecule has 0 fully saturated rings. The van der Waals surface area contributed by atoms with Crippen molar-refractivity contribution in [3.8, 4) is 0 Å². The fourth-order valence-electron chi connectivity index (χ4n) is 2.94. The Morgan fingerprint density at radius 3 is 2.83 bits per heavy atom. The Morgan fingerprint density at radius 1 is 1.35 bits per heavy atom. The van der Waals surface area contributed by atoms with Crippen LogP contribution in [0, 0.1) is 5.92 Å². The number of methoxy groups -OCH3 is 1. The molecule has 2 aliphatic heterocycles. The SMILES string of the molecule is COCc1cccc2c1CN(C1=CN=NC(=O)C1C(F)(F)F)C2. The van der Waals surface area contributed by atoms with Crippen molar-refractivity contribution in [2.75, 3.05) is 7.11 Å². The van der Waals surface area contributed by atoms with Crippen LogP contribution in [0.2, 0.25) is 0 Å². The molecule has 0 aromatic heterocycles. The summed E-state index contributed by atoms with van der Waals surface area (Å²) in [5.74, 6) is -3.52. The molecular formula is C15H14F3N3O2. The Hall–Kier alpha value is -2.22. The van der Waals surface area contributed by atoms with Crippen LogP contribution in [0.3, 0.4) is 0 Å². The molecule has 1 unspecified atom stereocenters. The average Bonchev–Trinajstić information content (AvgIpc) is 2.91. The van der Waals surface area contributed by atoms with E-state index in [1.54, 1.807) is 7.11 Å². The lowest BCUT2D eigenvalue weighted by molar-refractivity contribution is -0.177. The molecular weight excluding hydrogens is 311 g/mol. The highest BCUT2D eigenvalue weighted by molar-refractivity contribution is 5.83. The minimum absolute atomic E-state index is 0.155. The summed E-state index contributed by atoms with van der Waals surface area (Å²) in [6, 6.07) is 5.59. The highest BCUT2D eigenvalue weighted by Crippen LogP contribution is 2.40. The molecule has 1 aromatic carbocycles. The van der Waals surface area contributed by atoms with Crippen molar-refractivity contribution in [2.24, 2.45) is 16.1 Å². The molecule has 0 radical (unpaired) electrons. The normalized spacial score (nSPS) is 20.7. The number of fused-ring (bicyclic) bond motifs is 1. The number of carbonyl (C=O) groups is 1. The van der Waals surface area contributed by atoms with Gasteiger partial charge in [0.2, 0.25) is 0 Å². The molecule has 0 spiro atoms. The van der Waals surface area contributed by atoms with Crippen molar-refractivity contribution in [3.05, 3.63) is 46.8 Å².